The predicted molar refractivity (Wildman–Crippen MR) is 242 cm³/mol. The molecule has 3 heterocycles. The first-order chi connectivity index (χ1) is 28.6. The maximum atomic E-state index is 5.27. The molecule has 0 aliphatic carbocycles. The molecule has 3 aromatic heterocycles. The van der Waals surface area contributed by atoms with E-state index in [1.165, 1.54) is 66.0 Å². The second kappa shape index (κ2) is 13.6. The molecule has 0 fully saturated rings. The molecule has 58 heavy (non-hydrogen) atoms. The molecule has 4 heteroatoms. The van der Waals surface area contributed by atoms with Crippen LogP contribution < -0.4 is 0 Å². The Morgan fingerprint density at radius 1 is 0.397 bits per heavy atom. The van der Waals surface area contributed by atoms with Gasteiger partial charge in [0.15, 0.2) is 5.82 Å². The number of hydrogen-bond donors (Lipinski definition) is 0. The van der Waals surface area contributed by atoms with Gasteiger partial charge in [0, 0.05) is 44.4 Å². The molecule has 0 radical (unpaired) electrons. The van der Waals surface area contributed by atoms with Gasteiger partial charge < -0.3 is 4.57 Å². The highest BCUT2D eigenvalue weighted by atomic mass is 15.1. The largest absolute Gasteiger partial charge is 0.309 e. The van der Waals surface area contributed by atoms with Crippen LogP contribution in [0.5, 0.6) is 0 Å². The van der Waals surface area contributed by atoms with E-state index in [1.807, 2.05) is 24.3 Å². The van der Waals surface area contributed by atoms with Gasteiger partial charge in [-0.1, -0.05) is 146 Å². The van der Waals surface area contributed by atoms with Crippen LogP contribution in [0, 0.1) is 13.8 Å². The molecule has 0 aliphatic rings. The van der Waals surface area contributed by atoms with E-state index in [0.717, 1.165) is 39.4 Å². The Bertz CT molecular complexity index is 3280. The van der Waals surface area contributed by atoms with E-state index in [0.29, 0.717) is 5.82 Å². The zero-order chi connectivity index (χ0) is 38.7. The molecule has 0 bridgehead atoms. The topological polar surface area (TPSA) is 35.6 Å². The smallest absolute Gasteiger partial charge is 0.162 e. The van der Waals surface area contributed by atoms with Crippen LogP contribution in [0.3, 0.4) is 0 Å². The van der Waals surface area contributed by atoms with Gasteiger partial charge in [-0.15, -0.1) is 0 Å². The van der Waals surface area contributed by atoms with E-state index >= 15 is 0 Å². The van der Waals surface area contributed by atoms with Crippen molar-refractivity contribution in [2.45, 2.75) is 13.8 Å². The summed E-state index contributed by atoms with van der Waals surface area (Å²) < 4.78 is 4.75. The number of rotatable bonds is 6. The summed E-state index contributed by atoms with van der Waals surface area (Å²) in [5.74, 6) is 1.53. The Kier molecular flexibility index (Phi) is 7.90. The molecule has 11 rings (SSSR count). The van der Waals surface area contributed by atoms with Crippen molar-refractivity contribution in [2.75, 3.05) is 0 Å². The molecule has 0 saturated carbocycles. The van der Waals surface area contributed by atoms with Gasteiger partial charge in [-0.3, -0.25) is 4.57 Å². The van der Waals surface area contributed by atoms with Crippen LogP contribution in [0.2, 0.25) is 0 Å². The standard InChI is InChI=1S/C54H38N4/c1-35-18-12-13-25-41(35)52-36(2)53-46(43-27-15-16-28-48(43)57(53)40-23-10-5-11-24-40)33-44(52)39-30-31-50-45(32-39)42-26-14-17-29-49(42)58(50)51-34-47(37-19-6-3-7-20-37)55-54(56-51)38-21-8-4-9-22-38/h3-34H,1-2H3. The van der Waals surface area contributed by atoms with Crippen molar-refractivity contribution in [3.8, 4) is 56.4 Å². The Morgan fingerprint density at radius 2 is 0.983 bits per heavy atom. The molecule has 11 aromatic rings. The molecule has 0 N–H and O–H groups in total. The number of fused-ring (bicyclic) bond motifs is 6. The average Bonchev–Trinajstić information content (AvgIpc) is 3.80. The molecule has 0 atom stereocenters. The van der Waals surface area contributed by atoms with Crippen molar-refractivity contribution in [1.29, 1.82) is 0 Å². The lowest BCUT2D eigenvalue weighted by Gasteiger charge is -2.19. The van der Waals surface area contributed by atoms with E-state index in [1.54, 1.807) is 0 Å². The summed E-state index contributed by atoms with van der Waals surface area (Å²) in [4.78, 5) is 10.4. The quantitative estimate of drug-likeness (QED) is 0.170. The minimum atomic E-state index is 0.695. The summed E-state index contributed by atoms with van der Waals surface area (Å²) in [6.07, 6.45) is 0. The maximum absolute atomic E-state index is 5.27. The molecule has 0 aliphatic heterocycles. The predicted octanol–water partition coefficient (Wildman–Crippen LogP) is 14.0. The van der Waals surface area contributed by atoms with Gasteiger partial charge in [-0.25, -0.2) is 9.97 Å². The Labute approximate surface area is 337 Å². The molecule has 274 valence electrons. The monoisotopic (exact) mass is 742 g/mol. The highest BCUT2D eigenvalue weighted by Crippen LogP contribution is 2.46. The van der Waals surface area contributed by atoms with Crippen molar-refractivity contribution in [1.82, 2.24) is 19.1 Å². The SMILES string of the molecule is Cc1ccccc1-c1c(-c2ccc3c(c2)c2ccccc2n3-c2cc(-c3ccccc3)nc(-c3ccccc3)n2)cc2c3ccccc3n(-c3ccccc3)c2c1C. The van der Waals surface area contributed by atoms with Gasteiger partial charge in [0.05, 0.1) is 27.8 Å². The lowest BCUT2D eigenvalue weighted by molar-refractivity contribution is 1.05. The second-order valence-electron chi connectivity index (χ2n) is 15.1. The number of nitrogens with zero attached hydrogens (tertiary/aromatic N) is 4. The number of aryl methyl sites for hydroxylation is 2. The normalized spacial score (nSPS) is 11.6. The average molecular weight is 743 g/mol. The molecular weight excluding hydrogens is 705 g/mol. The maximum Gasteiger partial charge on any atom is 0.162 e. The van der Waals surface area contributed by atoms with Crippen molar-refractivity contribution < 1.29 is 0 Å². The zero-order valence-electron chi connectivity index (χ0n) is 32.3. The second-order valence-corrected chi connectivity index (χ2v) is 15.1. The number of para-hydroxylation sites is 3. The van der Waals surface area contributed by atoms with Crippen molar-refractivity contribution in [3.05, 3.63) is 205 Å². The fraction of sp³-hybridized carbons (Fsp3) is 0.0370. The Morgan fingerprint density at radius 3 is 1.71 bits per heavy atom. The summed E-state index contributed by atoms with van der Waals surface area (Å²) in [5.41, 5.74) is 16.1. The van der Waals surface area contributed by atoms with Crippen molar-refractivity contribution in [3.63, 3.8) is 0 Å². The first kappa shape index (κ1) is 33.8. The summed E-state index contributed by atoms with van der Waals surface area (Å²) in [6, 6.07) is 69.2. The van der Waals surface area contributed by atoms with E-state index in [-0.39, 0.29) is 0 Å². The summed E-state index contributed by atoms with van der Waals surface area (Å²) in [5, 5.41) is 4.84. The van der Waals surface area contributed by atoms with Crippen LogP contribution in [0.25, 0.3) is 100 Å². The summed E-state index contributed by atoms with van der Waals surface area (Å²) in [7, 11) is 0. The van der Waals surface area contributed by atoms with Crippen molar-refractivity contribution >= 4 is 43.6 Å². The number of aromatic nitrogens is 4. The molecule has 0 amide bonds. The molecule has 4 nitrogen and oxygen atoms in total. The van der Waals surface area contributed by atoms with Gasteiger partial charge in [-0.05, 0) is 89.7 Å². The third-order valence-corrected chi connectivity index (χ3v) is 11.7. The Balaban J connectivity index is 1.19. The number of benzene rings is 8. The zero-order valence-corrected chi connectivity index (χ0v) is 32.3. The summed E-state index contributed by atoms with van der Waals surface area (Å²) in [6.45, 7) is 4.53. The van der Waals surface area contributed by atoms with Crippen LogP contribution in [0.1, 0.15) is 11.1 Å². The van der Waals surface area contributed by atoms with Crippen LogP contribution in [0.4, 0.5) is 0 Å². The highest BCUT2D eigenvalue weighted by Gasteiger charge is 2.23. The third kappa shape index (κ3) is 5.37. The molecule has 8 aromatic carbocycles. The van der Waals surface area contributed by atoms with Crippen LogP contribution in [-0.2, 0) is 0 Å². The minimum Gasteiger partial charge on any atom is -0.309 e. The minimum absolute atomic E-state index is 0.695. The van der Waals surface area contributed by atoms with Crippen molar-refractivity contribution in [2.24, 2.45) is 0 Å². The van der Waals surface area contributed by atoms with Gasteiger partial charge in [0.1, 0.15) is 5.82 Å². The third-order valence-electron chi connectivity index (χ3n) is 11.7. The van der Waals surface area contributed by atoms with Gasteiger partial charge in [0.25, 0.3) is 0 Å². The van der Waals surface area contributed by atoms with E-state index in [9.17, 15) is 0 Å². The fourth-order valence-electron chi connectivity index (χ4n) is 9.00. The first-order valence-corrected chi connectivity index (χ1v) is 19.8. The molecule has 0 spiro atoms. The lowest BCUT2D eigenvalue weighted by atomic mass is 9.86. The highest BCUT2D eigenvalue weighted by molar-refractivity contribution is 6.15. The van der Waals surface area contributed by atoms with Crippen LogP contribution in [-0.4, -0.2) is 19.1 Å². The molecule has 0 unspecified atom stereocenters. The first-order valence-electron chi connectivity index (χ1n) is 19.8. The molecule has 0 saturated heterocycles. The van der Waals surface area contributed by atoms with Gasteiger partial charge in [0.2, 0.25) is 0 Å². The van der Waals surface area contributed by atoms with Gasteiger partial charge >= 0.3 is 0 Å². The van der Waals surface area contributed by atoms with E-state index in [4.69, 9.17) is 9.97 Å². The Hall–Kier alpha value is -7.56. The molecular formula is C54H38N4. The fourth-order valence-corrected chi connectivity index (χ4v) is 9.00. The van der Waals surface area contributed by atoms with Crippen LogP contribution in [0.15, 0.2) is 194 Å². The summed E-state index contributed by atoms with van der Waals surface area (Å²) >= 11 is 0. The van der Waals surface area contributed by atoms with Crippen LogP contribution >= 0.6 is 0 Å². The van der Waals surface area contributed by atoms with E-state index in [2.05, 4.69) is 193 Å². The van der Waals surface area contributed by atoms with E-state index < -0.39 is 0 Å². The lowest BCUT2D eigenvalue weighted by Crippen LogP contribution is -2.02. The number of hydrogen-bond acceptors (Lipinski definition) is 2. The van der Waals surface area contributed by atoms with Gasteiger partial charge in [-0.2, -0.15) is 0 Å².